The molecule has 2 rings (SSSR count). The van der Waals surface area contributed by atoms with Crippen LogP contribution in [0.4, 0.5) is 36.8 Å². The monoisotopic (exact) mass is 464 g/mol. The highest BCUT2D eigenvalue weighted by Crippen LogP contribution is 2.48. The van der Waals surface area contributed by atoms with Gasteiger partial charge in [-0.2, -0.15) is 26.3 Å². The molecule has 2 aromatic rings. The molecule has 166 valence electrons. The van der Waals surface area contributed by atoms with Crippen molar-refractivity contribution < 1.29 is 41.0 Å². The average Bonchev–Trinajstić information content (AvgIpc) is 2.64. The standard InChI is InChI=1S/C19H14F6N2O3S/c1-27(17(26)30)11-3-2-4-12(9-11)31-13-7-5-10(6-8-14(28)29)15(18(20,21)22)16(13)19(23,24)25/h2-9H,1H3,(H2,26,30)(H,28,29). The number of rotatable bonds is 5. The Labute approximate surface area is 176 Å². The van der Waals surface area contributed by atoms with E-state index in [0.717, 1.165) is 17.0 Å². The second-order valence-electron chi connectivity index (χ2n) is 6.07. The van der Waals surface area contributed by atoms with Crippen molar-refractivity contribution in [3.05, 3.63) is 59.2 Å². The van der Waals surface area contributed by atoms with Crippen molar-refractivity contribution >= 4 is 35.5 Å². The van der Waals surface area contributed by atoms with Gasteiger partial charge in [-0.1, -0.05) is 23.9 Å². The first kappa shape index (κ1) is 24.1. The second-order valence-corrected chi connectivity index (χ2v) is 7.18. The Bertz CT molecular complexity index is 1030. The van der Waals surface area contributed by atoms with Gasteiger partial charge in [0.05, 0.1) is 11.1 Å². The fraction of sp³-hybridized carbons (Fsp3) is 0.158. The van der Waals surface area contributed by atoms with Crippen molar-refractivity contribution in [1.82, 2.24) is 0 Å². The van der Waals surface area contributed by atoms with E-state index in [9.17, 15) is 35.9 Å². The molecule has 0 aliphatic carbocycles. The molecule has 0 heterocycles. The van der Waals surface area contributed by atoms with Gasteiger partial charge in [-0.25, -0.2) is 9.59 Å². The maximum atomic E-state index is 13.7. The quantitative estimate of drug-likeness (QED) is 0.453. The number of urea groups is 1. The number of aliphatic carboxylic acids is 1. The summed E-state index contributed by atoms with van der Waals surface area (Å²) in [4.78, 5) is 22.3. The van der Waals surface area contributed by atoms with Crippen LogP contribution in [0.25, 0.3) is 6.08 Å². The van der Waals surface area contributed by atoms with Crippen molar-refractivity contribution in [2.75, 3.05) is 11.9 Å². The van der Waals surface area contributed by atoms with E-state index in [1.807, 2.05) is 0 Å². The summed E-state index contributed by atoms with van der Waals surface area (Å²) in [5.41, 5.74) is 0.502. The maximum Gasteiger partial charge on any atom is 0.418 e. The minimum Gasteiger partial charge on any atom is -0.478 e. The summed E-state index contributed by atoms with van der Waals surface area (Å²) in [6.45, 7) is 0. The molecule has 0 atom stereocenters. The molecule has 2 aromatic carbocycles. The molecule has 0 radical (unpaired) electrons. The number of alkyl halides is 6. The number of hydrogen-bond donors (Lipinski definition) is 2. The molecule has 0 saturated heterocycles. The smallest absolute Gasteiger partial charge is 0.418 e. The Morgan fingerprint density at radius 1 is 1.03 bits per heavy atom. The zero-order valence-corrected chi connectivity index (χ0v) is 16.4. The predicted octanol–water partition coefficient (Wildman–Crippen LogP) is 5.49. The van der Waals surface area contributed by atoms with Crippen LogP contribution in [0.3, 0.4) is 0 Å². The number of benzene rings is 2. The third-order valence-corrected chi connectivity index (χ3v) is 4.98. The van der Waals surface area contributed by atoms with Crippen molar-refractivity contribution in [1.29, 1.82) is 0 Å². The topological polar surface area (TPSA) is 83.6 Å². The summed E-state index contributed by atoms with van der Waals surface area (Å²) in [5.74, 6) is -1.62. The van der Waals surface area contributed by atoms with Crippen LogP contribution >= 0.6 is 11.8 Å². The number of nitrogens with zero attached hydrogens (tertiary/aromatic N) is 1. The number of carboxylic acids is 1. The number of halogens is 6. The Balaban J connectivity index is 2.68. The lowest BCUT2D eigenvalue weighted by atomic mass is 9.99. The molecular formula is C19H14F6N2O3S. The van der Waals surface area contributed by atoms with Crippen LogP contribution in [-0.4, -0.2) is 24.2 Å². The van der Waals surface area contributed by atoms with Crippen molar-refractivity contribution in [3.63, 3.8) is 0 Å². The molecule has 31 heavy (non-hydrogen) atoms. The Kier molecular flexibility index (Phi) is 6.94. The van der Waals surface area contributed by atoms with Gasteiger partial charge in [-0.15, -0.1) is 0 Å². The van der Waals surface area contributed by atoms with Gasteiger partial charge in [0.2, 0.25) is 0 Å². The van der Waals surface area contributed by atoms with Gasteiger partial charge >= 0.3 is 24.4 Å². The van der Waals surface area contributed by atoms with Crippen LogP contribution in [0, 0.1) is 0 Å². The third kappa shape index (κ3) is 5.94. The van der Waals surface area contributed by atoms with Gasteiger partial charge in [0.25, 0.3) is 0 Å². The average molecular weight is 464 g/mol. The molecule has 12 heteroatoms. The van der Waals surface area contributed by atoms with Gasteiger partial charge in [-0.05, 0) is 35.9 Å². The first-order valence-corrected chi connectivity index (χ1v) is 9.07. The maximum absolute atomic E-state index is 13.7. The minimum atomic E-state index is -5.41. The number of hydrogen-bond acceptors (Lipinski definition) is 3. The van der Waals surface area contributed by atoms with Crippen LogP contribution in [0.15, 0.2) is 52.3 Å². The molecule has 0 saturated carbocycles. The molecule has 2 amide bonds. The number of primary amides is 1. The van der Waals surface area contributed by atoms with Crippen LogP contribution in [0.1, 0.15) is 16.7 Å². The highest BCUT2D eigenvalue weighted by molar-refractivity contribution is 7.99. The van der Waals surface area contributed by atoms with Gasteiger partial charge in [0, 0.05) is 28.6 Å². The highest BCUT2D eigenvalue weighted by atomic mass is 32.2. The fourth-order valence-electron chi connectivity index (χ4n) is 2.58. The summed E-state index contributed by atoms with van der Waals surface area (Å²) in [5, 5.41) is 8.63. The van der Waals surface area contributed by atoms with Crippen LogP contribution in [0.2, 0.25) is 0 Å². The Morgan fingerprint density at radius 3 is 2.16 bits per heavy atom. The van der Waals surface area contributed by atoms with E-state index in [1.165, 1.54) is 31.3 Å². The molecule has 0 aliphatic rings. The zero-order chi connectivity index (χ0) is 23.6. The lowest BCUT2D eigenvalue weighted by Crippen LogP contribution is -2.31. The van der Waals surface area contributed by atoms with E-state index in [4.69, 9.17) is 10.8 Å². The summed E-state index contributed by atoms with van der Waals surface area (Å²) < 4.78 is 81.9. The number of anilines is 1. The lowest BCUT2D eigenvalue weighted by Gasteiger charge is -2.21. The summed E-state index contributed by atoms with van der Waals surface area (Å²) >= 11 is 0.409. The minimum absolute atomic E-state index is 0.123. The molecule has 0 aliphatic heterocycles. The van der Waals surface area contributed by atoms with Gasteiger partial charge in [-0.3, -0.25) is 4.90 Å². The van der Waals surface area contributed by atoms with Crippen LogP contribution in [-0.2, 0) is 17.1 Å². The summed E-state index contributed by atoms with van der Waals surface area (Å²) in [6.07, 6.45) is -10.0. The molecule has 5 nitrogen and oxygen atoms in total. The molecule has 3 N–H and O–H groups in total. The normalized spacial score (nSPS) is 12.2. The van der Waals surface area contributed by atoms with Crippen LogP contribution in [0.5, 0.6) is 0 Å². The van der Waals surface area contributed by atoms with E-state index in [-0.39, 0.29) is 10.6 Å². The number of carbonyl (C=O) groups excluding carboxylic acids is 1. The number of amides is 2. The Morgan fingerprint density at radius 2 is 1.65 bits per heavy atom. The van der Waals surface area contributed by atoms with E-state index >= 15 is 0 Å². The fourth-order valence-corrected chi connectivity index (χ4v) is 3.62. The molecular weight excluding hydrogens is 450 g/mol. The van der Waals surface area contributed by atoms with Crippen LogP contribution < -0.4 is 10.6 Å². The predicted molar refractivity (Wildman–Crippen MR) is 102 cm³/mol. The van der Waals surface area contributed by atoms with E-state index < -0.39 is 45.9 Å². The van der Waals surface area contributed by atoms with Crippen molar-refractivity contribution in [2.45, 2.75) is 22.1 Å². The number of nitrogens with two attached hydrogens (primary N) is 1. The number of carboxylic acid groups (broad SMARTS) is 1. The van der Waals surface area contributed by atoms with E-state index in [0.29, 0.717) is 23.9 Å². The SMILES string of the molecule is CN(C(N)=O)c1cccc(Sc2ccc(C=CC(=O)O)c(C(F)(F)F)c2C(F)(F)F)c1. The molecule has 0 bridgehead atoms. The summed E-state index contributed by atoms with van der Waals surface area (Å²) in [7, 11) is 1.32. The number of carbonyl (C=O) groups is 2. The van der Waals surface area contributed by atoms with Crippen molar-refractivity contribution in [2.24, 2.45) is 5.73 Å². The molecule has 0 fully saturated rings. The molecule has 0 spiro atoms. The van der Waals surface area contributed by atoms with E-state index in [2.05, 4.69) is 0 Å². The second kappa shape index (κ2) is 8.92. The van der Waals surface area contributed by atoms with Crippen molar-refractivity contribution in [3.8, 4) is 0 Å². The highest BCUT2D eigenvalue weighted by Gasteiger charge is 2.46. The first-order valence-electron chi connectivity index (χ1n) is 8.25. The van der Waals surface area contributed by atoms with Gasteiger partial charge < -0.3 is 10.8 Å². The largest absolute Gasteiger partial charge is 0.478 e. The zero-order valence-electron chi connectivity index (χ0n) is 15.6. The van der Waals surface area contributed by atoms with Gasteiger partial charge in [0.1, 0.15) is 0 Å². The third-order valence-electron chi connectivity index (χ3n) is 3.94. The van der Waals surface area contributed by atoms with Gasteiger partial charge in [0.15, 0.2) is 0 Å². The molecule has 0 aromatic heterocycles. The first-order chi connectivity index (χ1) is 14.2. The Hall–Kier alpha value is -3.15. The van der Waals surface area contributed by atoms with E-state index in [1.54, 1.807) is 0 Å². The molecule has 0 unspecified atom stereocenters. The lowest BCUT2D eigenvalue weighted by molar-refractivity contribution is -0.163. The summed E-state index contributed by atoms with van der Waals surface area (Å²) in [6, 6.07) is 6.25.